The third kappa shape index (κ3) is 2.98. The number of amides is 1. The molecule has 7 nitrogen and oxygen atoms in total. The molecule has 1 aromatic carbocycles. The summed E-state index contributed by atoms with van der Waals surface area (Å²) in [5.74, 6) is -0.844. The summed E-state index contributed by atoms with van der Waals surface area (Å²) >= 11 is 0. The predicted octanol–water partition coefficient (Wildman–Crippen LogP) is 1.52. The Labute approximate surface area is 132 Å². The summed E-state index contributed by atoms with van der Waals surface area (Å²) in [5.41, 5.74) is 6.88. The molecular weight excluding hydrogens is 298 g/mol. The summed E-state index contributed by atoms with van der Waals surface area (Å²) in [5, 5.41) is 9.33. The third-order valence-electron chi connectivity index (χ3n) is 3.89. The van der Waals surface area contributed by atoms with Gasteiger partial charge >= 0.3 is 5.97 Å². The lowest BCUT2D eigenvalue weighted by Gasteiger charge is -2.36. The molecule has 3 N–H and O–H groups in total. The zero-order valence-electron chi connectivity index (χ0n) is 12.4. The molecule has 0 saturated carbocycles. The number of nitrogen functional groups attached to an aromatic ring is 1. The van der Waals surface area contributed by atoms with E-state index in [9.17, 15) is 14.7 Å². The lowest BCUT2D eigenvalue weighted by atomic mass is 10.1. The standard InChI is InChI=1S/C16H17N3O4/c17-11-3-4-13(12(10-11)16(21)22)18-5-7-19(8-6-18)15(20)14-2-1-9-23-14/h1-4,9-10H,5-8,17H2,(H,21,22). The molecule has 1 saturated heterocycles. The van der Waals surface area contributed by atoms with Gasteiger partial charge in [0.05, 0.1) is 17.5 Å². The van der Waals surface area contributed by atoms with Crippen LogP contribution in [0.3, 0.4) is 0 Å². The number of carbonyl (C=O) groups is 2. The van der Waals surface area contributed by atoms with Crippen LogP contribution in [0.5, 0.6) is 0 Å². The fraction of sp³-hybridized carbons (Fsp3) is 0.250. The van der Waals surface area contributed by atoms with Gasteiger partial charge in [0.1, 0.15) is 0 Å². The normalized spacial score (nSPS) is 14.8. The number of benzene rings is 1. The van der Waals surface area contributed by atoms with Gasteiger partial charge in [0, 0.05) is 31.9 Å². The number of carbonyl (C=O) groups excluding carboxylic acids is 1. The van der Waals surface area contributed by atoms with Gasteiger partial charge in [-0.25, -0.2) is 4.79 Å². The van der Waals surface area contributed by atoms with Crippen LogP contribution in [-0.2, 0) is 0 Å². The van der Waals surface area contributed by atoms with Gasteiger partial charge in [-0.3, -0.25) is 4.79 Å². The van der Waals surface area contributed by atoms with Gasteiger partial charge in [0.15, 0.2) is 5.76 Å². The van der Waals surface area contributed by atoms with Gasteiger partial charge in [-0.1, -0.05) is 0 Å². The van der Waals surface area contributed by atoms with Crippen molar-refractivity contribution in [3.63, 3.8) is 0 Å². The molecule has 0 atom stereocenters. The number of piperazine rings is 1. The SMILES string of the molecule is Nc1ccc(N2CCN(C(=O)c3ccco3)CC2)c(C(=O)O)c1. The summed E-state index contributed by atoms with van der Waals surface area (Å²) in [7, 11) is 0. The Morgan fingerprint density at radius 3 is 2.48 bits per heavy atom. The first-order valence-electron chi connectivity index (χ1n) is 7.27. The smallest absolute Gasteiger partial charge is 0.337 e. The van der Waals surface area contributed by atoms with Crippen molar-refractivity contribution in [2.24, 2.45) is 0 Å². The van der Waals surface area contributed by atoms with Gasteiger partial charge in [-0.05, 0) is 30.3 Å². The van der Waals surface area contributed by atoms with Crippen molar-refractivity contribution in [2.75, 3.05) is 36.8 Å². The van der Waals surface area contributed by atoms with E-state index in [1.165, 1.54) is 12.3 Å². The Kier molecular flexibility index (Phi) is 3.92. The number of nitrogens with two attached hydrogens (primary N) is 1. The van der Waals surface area contributed by atoms with E-state index in [2.05, 4.69) is 0 Å². The number of anilines is 2. The second-order valence-electron chi connectivity index (χ2n) is 5.34. The highest BCUT2D eigenvalue weighted by Crippen LogP contribution is 2.25. The number of nitrogens with zero attached hydrogens (tertiary/aromatic N) is 2. The summed E-state index contributed by atoms with van der Waals surface area (Å²) in [4.78, 5) is 27.3. The average molecular weight is 315 g/mol. The highest BCUT2D eigenvalue weighted by Gasteiger charge is 2.25. The second kappa shape index (κ2) is 6.04. The summed E-state index contributed by atoms with van der Waals surface area (Å²) in [6.07, 6.45) is 1.47. The van der Waals surface area contributed by atoms with Crippen molar-refractivity contribution in [3.8, 4) is 0 Å². The molecule has 0 aliphatic carbocycles. The number of aromatic carboxylic acids is 1. The molecule has 120 valence electrons. The number of hydrogen-bond acceptors (Lipinski definition) is 5. The molecule has 0 spiro atoms. The summed E-state index contributed by atoms with van der Waals surface area (Å²) < 4.78 is 5.13. The van der Waals surface area contributed by atoms with Gasteiger partial charge in [-0.15, -0.1) is 0 Å². The molecule has 23 heavy (non-hydrogen) atoms. The maximum absolute atomic E-state index is 12.2. The second-order valence-corrected chi connectivity index (χ2v) is 5.34. The van der Waals surface area contributed by atoms with Crippen LogP contribution in [0.1, 0.15) is 20.9 Å². The number of hydrogen-bond donors (Lipinski definition) is 2. The van der Waals surface area contributed by atoms with Crippen molar-refractivity contribution < 1.29 is 19.1 Å². The molecule has 0 bridgehead atoms. The molecule has 7 heteroatoms. The van der Waals surface area contributed by atoms with Crippen molar-refractivity contribution in [2.45, 2.75) is 0 Å². The van der Waals surface area contributed by atoms with E-state index in [1.54, 1.807) is 29.2 Å². The predicted molar refractivity (Wildman–Crippen MR) is 84.6 cm³/mol. The third-order valence-corrected chi connectivity index (χ3v) is 3.89. The largest absolute Gasteiger partial charge is 0.478 e. The Balaban J connectivity index is 1.72. The Hall–Kier alpha value is -2.96. The topological polar surface area (TPSA) is 100 Å². The van der Waals surface area contributed by atoms with Crippen LogP contribution in [0.4, 0.5) is 11.4 Å². The van der Waals surface area contributed by atoms with Crippen molar-refractivity contribution in [3.05, 3.63) is 47.9 Å². The van der Waals surface area contributed by atoms with Crippen molar-refractivity contribution in [1.29, 1.82) is 0 Å². The van der Waals surface area contributed by atoms with Crippen LogP contribution in [0.25, 0.3) is 0 Å². The number of furan rings is 1. The minimum atomic E-state index is -1.01. The molecule has 3 rings (SSSR count). The quantitative estimate of drug-likeness (QED) is 0.833. The first-order valence-corrected chi connectivity index (χ1v) is 7.27. The minimum Gasteiger partial charge on any atom is -0.478 e. The first-order chi connectivity index (χ1) is 11.1. The molecule has 0 radical (unpaired) electrons. The van der Waals surface area contributed by atoms with Crippen LogP contribution >= 0.6 is 0 Å². The number of rotatable bonds is 3. The maximum atomic E-state index is 12.2. The Bertz CT molecular complexity index is 719. The highest BCUT2D eigenvalue weighted by molar-refractivity contribution is 5.96. The molecule has 1 amide bonds. The molecule has 1 fully saturated rings. The number of carboxylic acid groups (broad SMARTS) is 1. The van der Waals surface area contributed by atoms with Crippen molar-refractivity contribution in [1.82, 2.24) is 4.90 Å². The fourth-order valence-corrected chi connectivity index (χ4v) is 2.71. The minimum absolute atomic E-state index is 0.148. The Morgan fingerprint density at radius 1 is 1.13 bits per heavy atom. The highest BCUT2D eigenvalue weighted by atomic mass is 16.4. The van der Waals surface area contributed by atoms with Gasteiger partial charge in [0.25, 0.3) is 5.91 Å². The molecule has 1 aliphatic rings. The molecule has 0 unspecified atom stereocenters. The van der Waals surface area contributed by atoms with Crippen LogP contribution in [0, 0.1) is 0 Å². The molecule has 2 heterocycles. The van der Waals surface area contributed by atoms with E-state index >= 15 is 0 Å². The van der Waals surface area contributed by atoms with Gasteiger partial charge in [-0.2, -0.15) is 0 Å². The molecular formula is C16H17N3O4. The maximum Gasteiger partial charge on any atom is 0.337 e. The van der Waals surface area contributed by atoms with Crippen LogP contribution in [-0.4, -0.2) is 48.1 Å². The summed E-state index contributed by atoms with van der Waals surface area (Å²) in [6, 6.07) is 8.16. The number of carboxylic acids is 1. The monoisotopic (exact) mass is 315 g/mol. The lowest BCUT2D eigenvalue weighted by Crippen LogP contribution is -2.49. The zero-order chi connectivity index (χ0) is 16.4. The lowest BCUT2D eigenvalue weighted by molar-refractivity contribution is 0.0688. The van der Waals surface area contributed by atoms with Gasteiger partial charge in [0.2, 0.25) is 0 Å². The van der Waals surface area contributed by atoms with Crippen molar-refractivity contribution >= 4 is 23.3 Å². The molecule has 2 aromatic rings. The molecule has 1 aromatic heterocycles. The zero-order valence-corrected chi connectivity index (χ0v) is 12.4. The van der Waals surface area contributed by atoms with E-state index in [0.29, 0.717) is 43.3 Å². The van der Waals surface area contributed by atoms with Crippen LogP contribution in [0.2, 0.25) is 0 Å². The van der Waals surface area contributed by atoms with E-state index in [0.717, 1.165) is 0 Å². The first kappa shape index (κ1) is 15.0. The van der Waals surface area contributed by atoms with Gasteiger partial charge < -0.3 is 25.1 Å². The molecule has 1 aliphatic heterocycles. The summed E-state index contributed by atoms with van der Waals surface area (Å²) in [6.45, 7) is 2.11. The van der Waals surface area contributed by atoms with E-state index < -0.39 is 5.97 Å². The van der Waals surface area contributed by atoms with Crippen LogP contribution < -0.4 is 10.6 Å². The van der Waals surface area contributed by atoms with E-state index in [-0.39, 0.29) is 11.5 Å². The fourth-order valence-electron chi connectivity index (χ4n) is 2.71. The van der Waals surface area contributed by atoms with E-state index in [4.69, 9.17) is 10.2 Å². The van der Waals surface area contributed by atoms with E-state index in [1.807, 2.05) is 4.90 Å². The van der Waals surface area contributed by atoms with Crippen LogP contribution in [0.15, 0.2) is 41.0 Å². The Morgan fingerprint density at radius 2 is 1.87 bits per heavy atom. The average Bonchev–Trinajstić information content (AvgIpc) is 3.09.